The molecule has 7 nitrogen and oxygen atoms in total. The van der Waals surface area contributed by atoms with E-state index in [1.165, 1.54) is 0 Å². The first-order valence-electron chi connectivity index (χ1n) is 14.1. The number of amides is 3. The van der Waals surface area contributed by atoms with Crippen LogP contribution in [0.4, 0.5) is 4.79 Å². The van der Waals surface area contributed by atoms with E-state index in [4.69, 9.17) is 4.74 Å². The van der Waals surface area contributed by atoms with Gasteiger partial charge < -0.3 is 20.3 Å². The monoisotopic (exact) mass is 515 g/mol. The van der Waals surface area contributed by atoms with Crippen molar-refractivity contribution < 1.29 is 19.1 Å². The topological polar surface area (TPSA) is 87.7 Å². The molecular formula is C30H49N3O4. The summed E-state index contributed by atoms with van der Waals surface area (Å²) in [6.45, 7) is 16.1. The zero-order valence-corrected chi connectivity index (χ0v) is 24.3. The van der Waals surface area contributed by atoms with Gasteiger partial charge in [0.15, 0.2) is 0 Å². The molecule has 3 amide bonds. The van der Waals surface area contributed by atoms with Crippen molar-refractivity contribution in [3.05, 3.63) is 34.9 Å². The maximum Gasteiger partial charge on any atom is 0.408 e. The second-order valence-electron chi connectivity index (χ2n) is 11.6. The lowest BCUT2D eigenvalue weighted by Crippen LogP contribution is -2.59. The molecule has 1 aliphatic rings. The van der Waals surface area contributed by atoms with Gasteiger partial charge in [0.25, 0.3) is 0 Å². The molecule has 1 fully saturated rings. The van der Waals surface area contributed by atoms with Gasteiger partial charge in [-0.1, -0.05) is 58.2 Å². The third-order valence-corrected chi connectivity index (χ3v) is 7.33. The van der Waals surface area contributed by atoms with Gasteiger partial charge >= 0.3 is 6.09 Å². The molecule has 7 heteroatoms. The number of hydrogen-bond donors (Lipinski definition) is 2. The number of carbonyl (C=O) groups excluding carboxylic acids is 3. The molecule has 0 heterocycles. The summed E-state index contributed by atoms with van der Waals surface area (Å²) in [6, 6.07) is 4.39. The maximum atomic E-state index is 14.3. The van der Waals surface area contributed by atoms with E-state index in [1.54, 1.807) is 25.7 Å². The normalized spacial score (nSPS) is 16.2. The fraction of sp³-hybridized carbons (Fsp3) is 0.700. The number of ether oxygens (including phenoxy) is 1. The predicted molar refractivity (Wildman–Crippen MR) is 148 cm³/mol. The minimum Gasteiger partial charge on any atom is -0.444 e. The Kier molecular flexibility index (Phi) is 11.5. The Morgan fingerprint density at radius 1 is 1.08 bits per heavy atom. The molecule has 1 aliphatic carbocycles. The van der Waals surface area contributed by atoms with Gasteiger partial charge in [0.1, 0.15) is 17.7 Å². The molecule has 3 unspecified atom stereocenters. The van der Waals surface area contributed by atoms with Gasteiger partial charge in [-0.3, -0.25) is 9.59 Å². The highest BCUT2D eigenvalue weighted by molar-refractivity contribution is 5.92. The van der Waals surface area contributed by atoms with Gasteiger partial charge in [0.05, 0.1) is 0 Å². The standard InChI is InChI=1S/C30H49N3O4/c1-9-11-12-18-31-27(34)26(23-17-16-21(4)22(5)19-23)33(24-14-13-15-24)28(35)25(20(3)10-2)32-29(36)37-30(6,7)8/h16-17,19-20,24-26H,9-15,18H2,1-8H3,(H,31,34)(H,32,36). The molecule has 2 N–H and O–H groups in total. The summed E-state index contributed by atoms with van der Waals surface area (Å²) in [4.78, 5) is 42.6. The molecule has 0 bridgehead atoms. The number of nitrogens with one attached hydrogen (secondary N) is 2. The third-order valence-electron chi connectivity index (χ3n) is 7.33. The summed E-state index contributed by atoms with van der Waals surface area (Å²) in [5, 5.41) is 5.95. The second kappa shape index (κ2) is 13.8. The van der Waals surface area contributed by atoms with E-state index in [2.05, 4.69) is 17.6 Å². The summed E-state index contributed by atoms with van der Waals surface area (Å²) < 4.78 is 5.49. The lowest BCUT2D eigenvalue weighted by molar-refractivity contribution is -0.148. The fourth-order valence-corrected chi connectivity index (χ4v) is 4.52. The summed E-state index contributed by atoms with van der Waals surface area (Å²) in [7, 11) is 0. The quantitative estimate of drug-likeness (QED) is 0.336. The van der Waals surface area contributed by atoms with Crippen LogP contribution < -0.4 is 10.6 Å². The van der Waals surface area contributed by atoms with Gasteiger partial charge in [0.2, 0.25) is 11.8 Å². The molecular weight excluding hydrogens is 466 g/mol. The fourth-order valence-electron chi connectivity index (χ4n) is 4.52. The average molecular weight is 516 g/mol. The van der Waals surface area contributed by atoms with Crippen LogP contribution >= 0.6 is 0 Å². The third kappa shape index (κ3) is 8.75. The number of rotatable bonds is 12. The van der Waals surface area contributed by atoms with E-state index in [0.717, 1.165) is 55.2 Å². The number of aryl methyl sites for hydroxylation is 2. The van der Waals surface area contributed by atoms with Gasteiger partial charge in [-0.15, -0.1) is 0 Å². The van der Waals surface area contributed by atoms with Gasteiger partial charge in [0, 0.05) is 12.6 Å². The van der Waals surface area contributed by atoms with Crippen molar-refractivity contribution in [1.82, 2.24) is 15.5 Å². The van der Waals surface area contributed by atoms with Crippen LogP contribution in [0.25, 0.3) is 0 Å². The largest absolute Gasteiger partial charge is 0.444 e. The van der Waals surface area contributed by atoms with Gasteiger partial charge in [-0.05, 0) is 82.9 Å². The molecule has 208 valence electrons. The molecule has 0 radical (unpaired) electrons. The average Bonchev–Trinajstić information content (AvgIpc) is 2.78. The van der Waals surface area contributed by atoms with Gasteiger partial charge in [-0.25, -0.2) is 4.79 Å². The van der Waals surface area contributed by atoms with Crippen molar-refractivity contribution in [3.63, 3.8) is 0 Å². The number of carbonyl (C=O) groups is 3. The predicted octanol–water partition coefficient (Wildman–Crippen LogP) is 5.97. The Balaban J connectivity index is 2.48. The van der Waals surface area contributed by atoms with Crippen LogP contribution in [0.2, 0.25) is 0 Å². The number of unbranched alkanes of at least 4 members (excludes halogenated alkanes) is 2. The van der Waals surface area contributed by atoms with Gasteiger partial charge in [-0.2, -0.15) is 0 Å². The minimum atomic E-state index is -0.789. The number of nitrogens with zero attached hydrogens (tertiary/aromatic N) is 1. The molecule has 1 aromatic carbocycles. The van der Waals surface area contributed by atoms with Crippen LogP contribution in [0.5, 0.6) is 0 Å². The zero-order chi connectivity index (χ0) is 27.8. The lowest BCUT2D eigenvalue weighted by Gasteiger charge is -2.44. The van der Waals surface area contributed by atoms with E-state index < -0.39 is 23.8 Å². The molecule has 1 aromatic rings. The van der Waals surface area contributed by atoms with Crippen molar-refractivity contribution in [2.75, 3.05) is 6.54 Å². The number of hydrogen-bond acceptors (Lipinski definition) is 4. The summed E-state index contributed by atoms with van der Waals surface area (Å²) in [6.07, 6.45) is 5.78. The lowest BCUT2D eigenvalue weighted by atomic mass is 9.86. The van der Waals surface area contributed by atoms with Crippen LogP contribution in [-0.2, 0) is 14.3 Å². The summed E-state index contributed by atoms with van der Waals surface area (Å²) in [5.74, 6) is -0.521. The molecule has 1 saturated carbocycles. The van der Waals surface area contributed by atoms with Crippen LogP contribution in [-0.4, -0.2) is 47.0 Å². The van der Waals surface area contributed by atoms with E-state index in [-0.39, 0.29) is 23.8 Å². The highest BCUT2D eigenvalue weighted by Gasteiger charge is 2.43. The van der Waals surface area contributed by atoms with E-state index in [1.807, 2.05) is 45.9 Å². The van der Waals surface area contributed by atoms with Crippen molar-refractivity contribution in [1.29, 1.82) is 0 Å². The molecule has 3 atom stereocenters. The summed E-state index contributed by atoms with van der Waals surface area (Å²) in [5.41, 5.74) is 2.34. The Morgan fingerprint density at radius 3 is 2.27 bits per heavy atom. The molecule has 0 aromatic heterocycles. The van der Waals surface area contributed by atoms with E-state index in [9.17, 15) is 14.4 Å². The molecule has 37 heavy (non-hydrogen) atoms. The Hall–Kier alpha value is -2.57. The first-order valence-corrected chi connectivity index (χ1v) is 14.1. The van der Waals surface area contributed by atoms with Crippen LogP contribution in [0.1, 0.15) is 109 Å². The smallest absolute Gasteiger partial charge is 0.408 e. The minimum absolute atomic E-state index is 0.0486. The van der Waals surface area contributed by atoms with Crippen LogP contribution in [0.15, 0.2) is 18.2 Å². The van der Waals surface area contributed by atoms with E-state index >= 15 is 0 Å². The highest BCUT2D eigenvalue weighted by atomic mass is 16.6. The Bertz CT molecular complexity index is 920. The van der Waals surface area contributed by atoms with Crippen LogP contribution in [0, 0.1) is 19.8 Å². The molecule has 0 saturated heterocycles. The first kappa shape index (κ1) is 30.7. The Labute approximate surface area is 224 Å². The van der Waals surface area contributed by atoms with Crippen molar-refractivity contribution in [3.8, 4) is 0 Å². The highest BCUT2D eigenvalue weighted by Crippen LogP contribution is 2.35. The first-order chi connectivity index (χ1) is 17.4. The molecule has 0 spiro atoms. The molecule has 0 aliphatic heterocycles. The second-order valence-corrected chi connectivity index (χ2v) is 11.6. The number of benzene rings is 1. The summed E-state index contributed by atoms with van der Waals surface area (Å²) >= 11 is 0. The SMILES string of the molecule is CCCCCNC(=O)C(c1ccc(C)c(C)c1)N(C(=O)C(NC(=O)OC(C)(C)C)C(C)CC)C1CCC1. The Morgan fingerprint density at radius 2 is 1.76 bits per heavy atom. The van der Waals surface area contributed by atoms with Crippen molar-refractivity contribution in [2.24, 2.45) is 5.92 Å². The number of alkyl carbamates (subject to hydrolysis) is 1. The van der Waals surface area contributed by atoms with E-state index in [0.29, 0.717) is 13.0 Å². The molecule has 2 rings (SSSR count). The van der Waals surface area contributed by atoms with Crippen LogP contribution in [0.3, 0.4) is 0 Å². The maximum absolute atomic E-state index is 14.3. The zero-order valence-electron chi connectivity index (χ0n) is 24.3. The van der Waals surface area contributed by atoms with Crippen molar-refractivity contribution >= 4 is 17.9 Å². The van der Waals surface area contributed by atoms with Crippen molar-refractivity contribution in [2.45, 2.75) is 124 Å².